The first-order valence-electron chi connectivity index (χ1n) is 15.7. The van der Waals surface area contributed by atoms with Gasteiger partial charge in [-0.2, -0.15) is 0 Å². The van der Waals surface area contributed by atoms with Crippen molar-refractivity contribution in [3.63, 3.8) is 0 Å². The predicted octanol–water partition coefficient (Wildman–Crippen LogP) is 7.65. The van der Waals surface area contributed by atoms with Gasteiger partial charge < -0.3 is 36.9 Å². The number of hydrogen-bond donors (Lipinski definition) is 4. The van der Waals surface area contributed by atoms with Gasteiger partial charge in [-0.15, -0.1) is 0 Å². The third-order valence-electron chi connectivity index (χ3n) is 6.78. The van der Waals surface area contributed by atoms with Crippen LogP contribution in [0.4, 0.5) is 17.1 Å². The maximum Gasteiger partial charge on any atom is 0.338 e. The number of carbonyl (C=O) groups is 3. The van der Waals surface area contributed by atoms with E-state index in [1.807, 2.05) is 33.8 Å². The van der Waals surface area contributed by atoms with Gasteiger partial charge in [-0.3, -0.25) is 9.59 Å². The number of nitrogens with two attached hydrogens (primary N) is 3. The van der Waals surface area contributed by atoms with Gasteiger partial charge in [0.15, 0.2) is 0 Å². The molecule has 0 atom stereocenters. The number of unbranched alkanes of at least 4 members (excludes halogenated alkanes) is 2. The molecule has 0 radical (unpaired) electrons. The maximum atomic E-state index is 12.2. The molecule has 0 fully saturated rings. The molecule has 3 aromatic carbocycles. The van der Waals surface area contributed by atoms with E-state index in [0.717, 1.165) is 24.8 Å². The second-order valence-corrected chi connectivity index (χ2v) is 11.6. The first kappa shape index (κ1) is 41.6. The second kappa shape index (κ2) is 22.2. The highest BCUT2D eigenvalue weighted by atomic mass is 35.5. The lowest BCUT2D eigenvalue weighted by atomic mass is 10.1. The predicted molar refractivity (Wildman–Crippen MR) is 198 cm³/mol. The van der Waals surface area contributed by atoms with Crippen LogP contribution >= 0.6 is 23.2 Å². The van der Waals surface area contributed by atoms with Gasteiger partial charge in [-0.1, -0.05) is 48.5 Å². The minimum absolute atomic E-state index is 0.0991. The van der Waals surface area contributed by atoms with Crippen molar-refractivity contribution in [2.75, 3.05) is 50.6 Å². The molecule has 0 aliphatic carbocycles. The van der Waals surface area contributed by atoms with Crippen molar-refractivity contribution in [3.05, 3.63) is 93.0 Å². The number of amides is 2. The molecule has 2 amide bonds. The average Bonchev–Trinajstić information content (AvgIpc) is 3.06. The molecule has 0 bridgehead atoms. The summed E-state index contributed by atoms with van der Waals surface area (Å²) in [5, 5.41) is 3.62. The van der Waals surface area contributed by atoms with Crippen molar-refractivity contribution in [2.45, 2.75) is 53.9 Å². The number of nitrogens with zero attached hydrogens (tertiary/aromatic N) is 1. The summed E-state index contributed by atoms with van der Waals surface area (Å²) in [6.45, 7) is 12.2. The number of rotatable bonds is 12. The molecule has 0 unspecified atom stereocenters. The summed E-state index contributed by atoms with van der Waals surface area (Å²) in [5.74, 6) is -0.0805. The number of benzene rings is 3. The third-order valence-corrected chi connectivity index (χ3v) is 7.44. The second-order valence-electron chi connectivity index (χ2n) is 10.8. The van der Waals surface area contributed by atoms with E-state index in [-0.39, 0.29) is 17.8 Å². The molecule has 10 nitrogen and oxygen atoms in total. The standard InChI is InChI=1S/C12H17ClN2O2.C12H17ClN2O.C12H15NO2/c1-4-15(5-2)12(16)8-6-9(13)10(14)7-11(8)17-3;1-2-3-4-7-15-12(16)9-5-6-11(14)10(13)8-9;1-9(2)7-8-15-12(14)10-3-5-11(13)6-4-10/h6-7H,4-5,14H2,1-3H3;5-6,8H,2-4,7,14H2,1H3,(H,15,16);3-7H,8,13H2,1-2H3. The largest absolute Gasteiger partial charge is 0.496 e. The van der Waals surface area contributed by atoms with Gasteiger partial charge in [0.05, 0.1) is 39.7 Å². The molecular weight excluding hydrogens is 653 g/mol. The Morgan fingerprint density at radius 2 is 1.44 bits per heavy atom. The summed E-state index contributed by atoms with van der Waals surface area (Å²) in [6.07, 6.45) is 5.13. The average molecular weight is 703 g/mol. The number of ether oxygens (including phenoxy) is 2. The number of hydrogen-bond acceptors (Lipinski definition) is 8. The molecule has 0 heterocycles. The monoisotopic (exact) mass is 701 g/mol. The Bertz CT molecular complexity index is 1510. The molecule has 3 rings (SSSR count). The number of halogens is 2. The van der Waals surface area contributed by atoms with Crippen LogP contribution in [0.25, 0.3) is 0 Å². The van der Waals surface area contributed by atoms with Crippen LogP contribution in [-0.2, 0) is 4.74 Å². The fraction of sp³-hybridized carbons (Fsp3) is 0.361. The highest BCUT2D eigenvalue weighted by molar-refractivity contribution is 6.33. The molecule has 0 aromatic heterocycles. The zero-order valence-corrected chi connectivity index (χ0v) is 30.2. The zero-order valence-electron chi connectivity index (χ0n) is 28.7. The highest BCUT2D eigenvalue weighted by Crippen LogP contribution is 2.29. The van der Waals surface area contributed by atoms with E-state index in [4.69, 9.17) is 49.9 Å². The molecule has 48 heavy (non-hydrogen) atoms. The van der Waals surface area contributed by atoms with Gasteiger partial charge in [0.25, 0.3) is 11.8 Å². The van der Waals surface area contributed by atoms with Crippen molar-refractivity contribution in [3.8, 4) is 5.75 Å². The molecule has 7 N–H and O–H groups in total. The molecular formula is C36H49Cl2N5O5. The topological polar surface area (TPSA) is 163 Å². The Morgan fingerprint density at radius 3 is 1.98 bits per heavy atom. The van der Waals surface area contributed by atoms with Gasteiger partial charge in [0.1, 0.15) is 12.4 Å². The SMILES string of the molecule is CC(C)=CCOC(=O)c1ccc(N)cc1.CCCCCNC(=O)c1ccc(N)c(Cl)c1.CCN(CC)C(=O)c1cc(Cl)c(N)cc1OC. The molecule has 0 saturated carbocycles. The van der Waals surface area contributed by atoms with Gasteiger partial charge in [-0.05, 0) is 88.7 Å². The number of carbonyl (C=O) groups excluding carboxylic acids is 3. The van der Waals surface area contributed by atoms with E-state index in [1.54, 1.807) is 59.5 Å². The van der Waals surface area contributed by atoms with Crippen LogP contribution < -0.4 is 27.3 Å². The summed E-state index contributed by atoms with van der Waals surface area (Å²) in [7, 11) is 1.50. The van der Waals surface area contributed by atoms with E-state index in [9.17, 15) is 14.4 Å². The van der Waals surface area contributed by atoms with Crippen molar-refractivity contribution in [2.24, 2.45) is 0 Å². The molecule has 0 spiro atoms. The summed E-state index contributed by atoms with van der Waals surface area (Å²) in [6, 6.07) is 14.7. The maximum absolute atomic E-state index is 12.2. The van der Waals surface area contributed by atoms with E-state index in [0.29, 0.717) is 75.8 Å². The fourth-order valence-corrected chi connectivity index (χ4v) is 4.26. The molecule has 0 saturated heterocycles. The molecule has 0 aliphatic heterocycles. The quantitative estimate of drug-likeness (QED) is 0.0648. The minimum Gasteiger partial charge on any atom is -0.496 e. The molecule has 12 heteroatoms. The Labute approximate surface area is 294 Å². The number of nitrogens with one attached hydrogen (secondary N) is 1. The minimum atomic E-state index is -0.326. The highest BCUT2D eigenvalue weighted by Gasteiger charge is 2.19. The lowest BCUT2D eigenvalue weighted by molar-refractivity contribution is 0.0548. The molecule has 0 aliphatic rings. The number of nitrogen functional groups attached to an aromatic ring is 3. The normalized spacial score (nSPS) is 9.92. The van der Waals surface area contributed by atoms with Gasteiger partial charge in [-0.25, -0.2) is 4.79 Å². The van der Waals surface area contributed by atoms with Crippen molar-refractivity contribution in [1.29, 1.82) is 0 Å². The van der Waals surface area contributed by atoms with E-state index < -0.39 is 0 Å². The Morgan fingerprint density at radius 1 is 0.833 bits per heavy atom. The third kappa shape index (κ3) is 14.6. The lowest BCUT2D eigenvalue weighted by Gasteiger charge is -2.20. The van der Waals surface area contributed by atoms with E-state index >= 15 is 0 Å². The van der Waals surface area contributed by atoms with E-state index in [2.05, 4.69) is 12.2 Å². The van der Waals surface area contributed by atoms with Gasteiger partial charge in [0, 0.05) is 37.0 Å². The number of esters is 1. The van der Waals surface area contributed by atoms with Crippen molar-refractivity contribution >= 4 is 58.0 Å². The number of methoxy groups -OCH3 is 1. The summed E-state index contributed by atoms with van der Waals surface area (Å²) < 4.78 is 10.2. The van der Waals surface area contributed by atoms with Gasteiger partial charge >= 0.3 is 5.97 Å². The van der Waals surface area contributed by atoms with Crippen LogP contribution in [0.2, 0.25) is 10.0 Å². The first-order chi connectivity index (χ1) is 22.8. The van der Waals surface area contributed by atoms with Crippen LogP contribution in [0, 0.1) is 0 Å². The van der Waals surface area contributed by atoms with Crippen LogP contribution in [-0.4, -0.2) is 56.0 Å². The lowest BCUT2D eigenvalue weighted by Crippen LogP contribution is -2.30. The van der Waals surface area contributed by atoms with Crippen LogP contribution in [0.15, 0.2) is 66.2 Å². The summed E-state index contributed by atoms with van der Waals surface area (Å²) in [4.78, 5) is 37.0. The number of anilines is 3. The Kier molecular flexibility index (Phi) is 19.3. The fourth-order valence-electron chi connectivity index (χ4n) is 3.92. The van der Waals surface area contributed by atoms with E-state index in [1.165, 1.54) is 7.11 Å². The summed E-state index contributed by atoms with van der Waals surface area (Å²) in [5.41, 5.74) is 20.9. The Balaban J connectivity index is 0.000000361. The van der Waals surface area contributed by atoms with Crippen LogP contribution in [0.1, 0.15) is 85.0 Å². The van der Waals surface area contributed by atoms with Crippen molar-refractivity contribution in [1.82, 2.24) is 10.2 Å². The Hall–Kier alpha value is -4.41. The van der Waals surface area contributed by atoms with Crippen molar-refractivity contribution < 1.29 is 23.9 Å². The first-order valence-corrected chi connectivity index (χ1v) is 16.5. The molecule has 262 valence electrons. The zero-order chi connectivity index (χ0) is 36.2. The number of allylic oxidation sites excluding steroid dienone is 1. The molecule has 3 aromatic rings. The van der Waals surface area contributed by atoms with Gasteiger partial charge in [0.2, 0.25) is 0 Å². The van der Waals surface area contributed by atoms with Crippen LogP contribution in [0.5, 0.6) is 5.75 Å². The summed E-state index contributed by atoms with van der Waals surface area (Å²) >= 11 is 11.8. The van der Waals surface area contributed by atoms with Crippen LogP contribution in [0.3, 0.4) is 0 Å². The smallest absolute Gasteiger partial charge is 0.338 e.